The van der Waals surface area contributed by atoms with Gasteiger partial charge in [-0.2, -0.15) is 17.9 Å². The van der Waals surface area contributed by atoms with E-state index in [1.54, 1.807) is 0 Å². The lowest BCUT2D eigenvalue weighted by atomic mass is 9.86. The number of rotatable bonds is 7. The summed E-state index contributed by atoms with van der Waals surface area (Å²) in [5.41, 5.74) is -1.25. The van der Waals surface area contributed by atoms with E-state index in [0.717, 1.165) is 0 Å². The zero-order valence-corrected chi connectivity index (χ0v) is 11.1. The number of hydrogen-bond acceptors (Lipinski definition) is 5. The van der Waals surface area contributed by atoms with Crippen molar-refractivity contribution in [1.82, 2.24) is 9.44 Å². The summed E-state index contributed by atoms with van der Waals surface area (Å²) in [6, 6.07) is -0.796. The Morgan fingerprint density at radius 3 is 2.83 bits per heavy atom. The number of hydrogen-bond donors (Lipinski definition) is 3. The van der Waals surface area contributed by atoms with Crippen molar-refractivity contribution >= 4 is 16.2 Å². The molecule has 8 nitrogen and oxygen atoms in total. The summed E-state index contributed by atoms with van der Waals surface area (Å²) >= 11 is 0. The van der Waals surface area contributed by atoms with Crippen LogP contribution in [0.2, 0.25) is 0 Å². The number of ether oxygens (including phenoxy) is 2. The first kappa shape index (κ1) is 15.3. The molecule has 2 unspecified atom stereocenters. The Kier molecular flexibility index (Phi) is 5.05. The summed E-state index contributed by atoms with van der Waals surface area (Å²) < 4.78 is 37.6. The van der Waals surface area contributed by atoms with E-state index in [1.807, 2.05) is 0 Å². The van der Waals surface area contributed by atoms with Gasteiger partial charge >= 0.3 is 5.97 Å². The van der Waals surface area contributed by atoms with E-state index in [2.05, 4.69) is 9.44 Å². The van der Waals surface area contributed by atoms with Crippen molar-refractivity contribution < 1.29 is 27.8 Å². The lowest BCUT2D eigenvalue weighted by molar-refractivity contribution is -0.148. The van der Waals surface area contributed by atoms with Gasteiger partial charge in [0, 0.05) is 13.7 Å². The SMILES string of the molecule is COCCNS(=O)(=O)NC1COCC1(C)C(=O)O. The van der Waals surface area contributed by atoms with Gasteiger partial charge in [-0.3, -0.25) is 4.79 Å². The lowest BCUT2D eigenvalue weighted by Crippen LogP contribution is -2.52. The highest BCUT2D eigenvalue weighted by atomic mass is 32.2. The van der Waals surface area contributed by atoms with Gasteiger partial charge in [0.05, 0.1) is 25.9 Å². The van der Waals surface area contributed by atoms with Gasteiger partial charge in [0.1, 0.15) is 5.41 Å². The molecule has 1 fully saturated rings. The molecule has 0 amide bonds. The Balaban J connectivity index is 2.63. The van der Waals surface area contributed by atoms with Crippen LogP contribution in [0.1, 0.15) is 6.92 Å². The molecule has 1 aliphatic heterocycles. The van der Waals surface area contributed by atoms with Crippen molar-refractivity contribution in [2.45, 2.75) is 13.0 Å². The van der Waals surface area contributed by atoms with Crippen LogP contribution in [0.4, 0.5) is 0 Å². The quantitative estimate of drug-likeness (QED) is 0.492. The number of carboxylic acid groups (broad SMARTS) is 1. The first-order chi connectivity index (χ1) is 8.32. The van der Waals surface area contributed by atoms with Crippen molar-refractivity contribution in [3.8, 4) is 0 Å². The Morgan fingerprint density at radius 2 is 2.28 bits per heavy atom. The summed E-state index contributed by atoms with van der Waals surface area (Å²) in [6.45, 7) is 1.81. The minimum atomic E-state index is -3.77. The Morgan fingerprint density at radius 1 is 1.61 bits per heavy atom. The van der Waals surface area contributed by atoms with Gasteiger partial charge in [0.15, 0.2) is 0 Å². The molecular formula is C9H18N2O6S. The van der Waals surface area contributed by atoms with Crippen LogP contribution in [0.25, 0.3) is 0 Å². The van der Waals surface area contributed by atoms with Gasteiger partial charge in [0.2, 0.25) is 0 Å². The van der Waals surface area contributed by atoms with E-state index in [0.29, 0.717) is 0 Å². The topological polar surface area (TPSA) is 114 Å². The average Bonchev–Trinajstić information content (AvgIpc) is 2.61. The molecule has 0 saturated carbocycles. The molecule has 0 aromatic heterocycles. The zero-order chi connectivity index (χ0) is 13.8. The molecule has 0 aliphatic carbocycles. The zero-order valence-electron chi connectivity index (χ0n) is 10.3. The third-order valence-corrected chi connectivity index (χ3v) is 4.02. The molecule has 1 aliphatic rings. The van der Waals surface area contributed by atoms with Crippen molar-refractivity contribution in [3.05, 3.63) is 0 Å². The number of aliphatic carboxylic acids is 1. The number of methoxy groups -OCH3 is 1. The molecule has 18 heavy (non-hydrogen) atoms. The molecule has 1 rings (SSSR count). The van der Waals surface area contributed by atoms with Gasteiger partial charge in [-0.1, -0.05) is 0 Å². The molecule has 9 heteroatoms. The maximum absolute atomic E-state index is 11.6. The van der Waals surface area contributed by atoms with E-state index in [9.17, 15) is 13.2 Å². The van der Waals surface area contributed by atoms with E-state index in [1.165, 1.54) is 14.0 Å². The second kappa shape index (κ2) is 5.93. The number of carboxylic acids is 1. The normalized spacial score (nSPS) is 28.4. The molecule has 0 spiro atoms. The third-order valence-electron chi connectivity index (χ3n) is 2.84. The molecule has 3 N–H and O–H groups in total. The van der Waals surface area contributed by atoms with E-state index in [-0.39, 0.29) is 26.4 Å². The van der Waals surface area contributed by atoms with Crippen LogP contribution in [0.5, 0.6) is 0 Å². The van der Waals surface area contributed by atoms with Crippen molar-refractivity contribution in [1.29, 1.82) is 0 Å². The first-order valence-corrected chi connectivity index (χ1v) is 6.87. The smallest absolute Gasteiger partial charge is 0.313 e. The highest BCUT2D eigenvalue weighted by Gasteiger charge is 2.48. The summed E-state index contributed by atoms with van der Waals surface area (Å²) in [6.07, 6.45) is 0. The van der Waals surface area contributed by atoms with Crippen LogP contribution in [0.3, 0.4) is 0 Å². The van der Waals surface area contributed by atoms with Gasteiger partial charge in [-0.25, -0.2) is 0 Å². The molecular weight excluding hydrogens is 264 g/mol. The van der Waals surface area contributed by atoms with Crippen LogP contribution in [-0.4, -0.2) is 59.0 Å². The van der Waals surface area contributed by atoms with Crippen molar-refractivity contribution in [2.24, 2.45) is 5.41 Å². The lowest BCUT2D eigenvalue weighted by Gasteiger charge is -2.25. The predicted octanol–water partition coefficient (Wildman–Crippen LogP) is -1.45. The van der Waals surface area contributed by atoms with E-state index >= 15 is 0 Å². The van der Waals surface area contributed by atoms with Crippen LogP contribution in [-0.2, 0) is 24.5 Å². The van der Waals surface area contributed by atoms with Crippen molar-refractivity contribution in [2.75, 3.05) is 33.5 Å². The predicted molar refractivity (Wildman–Crippen MR) is 62.3 cm³/mol. The molecule has 0 aromatic rings. The minimum absolute atomic E-state index is 0.0202. The minimum Gasteiger partial charge on any atom is -0.481 e. The average molecular weight is 282 g/mol. The molecule has 2 atom stereocenters. The molecule has 106 valence electrons. The van der Waals surface area contributed by atoms with Gasteiger partial charge in [-0.05, 0) is 6.92 Å². The van der Waals surface area contributed by atoms with Gasteiger partial charge in [0.25, 0.3) is 10.2 Å². The standard InChI is InChI=1S/C9H18N2O6S/c1-9(8(12)13)6-17-5-7(9)11-18(14,15)10-3-4-16-2/h7,10-11H,3-6H2,1-2H3,(H,12,13). The largest absolute Gasteiger partial charge is 0.481 e. The monoisotopic (exact) mass is 282 g/mol. The van der Waals surface area contributed by atoms with Gasteiger partial charge < -0.3 is 14.6 Å². The highest BCUT2D eigenvalue weighted by molar-refractivity contribution is 7.87. The molecule has 1 saturated heterocycles. The van der Waals surface area contributed by atoms with Crippen LogP contribution >= 0.6 is 0 Å². The Bertz CT molecular complexity index is 398. The summed E-state index contributed by atoms with van der Waals surface area (Å²) in [5.74, 6) is -1.09. The Labute approximate surface area is 106 Å². The fraction of sp³-hybridized carbons (Fsp3) is 0.889. The summed E-state index contributed by atoms with van der Waals surface area (Å²) in [4.78, 5) is 11.1. The fourth-order valence-corrected chi connectivity index (χ4v) is 2.69. The molecule has 0 bridgehead atoms. The van der Waals surface area contributed by atoms with Gasteiger partial charge in [-0.15, -0.1) is 0 Å². The fourth-order valence-electron chi connectivity index (χ4n) is 1.56. The molecule has 0 aromatic carbocycles. The second-order valence-electron chi connectivity index (χ2n) is 4.30. The van der Waals surface area contributed by atoms with Crippen LogP contribution < -0.4 is 9.44 Å². The Hall–Kier alpha value is -0.740. The summed E-state index contributed by atoms with van der Waals surface area (Å²) in [7, 11) is -2.31. The van der Waals surface area contributed by atoms with E-state index in [4.69, 9.17) is 14.6 Å². The van der Waals surface area contributed by atoms with Crippen molar-refractivity contribution in [3.63, 3.8) is 0 Å². The maximum Gasteiger partial charge on any atom is 0.313 e. The number of nitrogens with one attached hydrogen (secondary N) is 2. The summed E-state index contributed by atoms with van der Waals surface area (Å²) in [5, 5.41) is 9.10. The third kappa shape index (κ3) is 3.62. The maximum atomic E-state index is 11.6. The molecule has 1 heterocycles. The van der Waals surface area contributed by atoms with Crippen LogP contribution in [0.15, 0.2) is 0 Å². The van der Waals surface area contributed by atoms with Crippen LogP contribution in [0, 0.1) is 5.41 Å². The second-order valence-corrected chi connectivity index (χ2v) is 5.83. The highest BCUT2D eigenvalue weighted by Crippen LogP contribution is 2.28. The molecule has 0 radical (unpaired) electrons. The number of carbonyl (C=O) groups is 1. The van der Waals surface area contributed by atoms with E-state index < -0.39 is 27.6 Å². The first-order valence-electron chi connectivity index (χ1n) is 5.39.